The summed E-state index contributed by atoms with van der Waals surface area (Å²) in [6.07, 6.45) is -4.44. The van der Waals surface area contributed by atoms with Gasteiger partial charge in [0.25, 0.3) is 0 Å². The number of halogens is 3. The second-order valence-electron chi connectivity index (χ2n) is 6.16. The number of ether oxygens (including phenoxy) is 1. The number of hydrogen-bond donors (Lipinski definition) is 1. The molecule has 1 fully saturated rings. The van der Waals surface area contributed by atoms with E-state index in [1.165, 1.54) is 0 Å². The number of carbonyl (C=O) groups excluding carboxylic acids is 2. The molecule has 0 aromatic heterocycles. The minimum Gasteiger partial charge on any atom is -0.460 e. The average molecular weight is 295 g/mol. The summed E-state index contributed by atoms with van der Waals surface area (Å²) in [5.41, 5.74) is -1.51. The molecule has 1 rings (SSSR count). The molecule has 0 unspecified atom stereocenters. The van der Waals surface area contributed by atoms with Gasteiger partial charge in [-0.2, -0.15) is 13.2 Å². The Bertz CT molecular complexity index is 381. The highest BCUT2D eigenvalue weighted by atomic mass is 19.4. The lowest BCUT2D eigenvalue weighted by atomic mass is 10.0. The van der Waals surface area contributed by atoms with E-state index in [9.17, 15) is 22.8 Å². The van der Waals surface area contributed by atoms with E-state index in [1.54, 1.807) is 20.8 Å². The van der Waals surface area contributed by atoms with Gasteiger partial charge >= 0.3 is 12.1 Å². The molecule has 7 heteroatoms. The summed E-state index contributed by atoms with van der Waals surface area (Å²) in [5.74, 6) is -0.992. The topological polar surface area (TPSA) is 55.4 Å². The van der Waals surface area contributed by atoms with Gasteiger partial charge in [-0.3, -0.25) is 9.59 Å². The van der Waals surface area contributed by atoms with Gasteiger partial charge in [-0.1, -0.05) is 0 Å². The van der Waals surface area contributed by atoms with Gasteiger partial charge in [0.2, 0.25) is 5.91 Å². The van der Waals surface area contributed by atoms with E-state index in [-0.39, 0.29) is 6.42 Å². The first kappa shape index (κ1) is 16.8. The first-order chi connectivity index (χ1) is 8.94. The van der Waals surface area contributed by atoms with Crippen molar-refractivity contribution in [3.8, 4) is 0 Å². The minimum absolute atomic E-state index is 0.0812. The Morgan fingerprint density at radius 3 is 2.15 bits per heavy atom. The maximum absolute atomic E-state index is 12.0. The van der Waals surface area contributed by atoms with Crippen LogP contribution in [-0.2, 0) is 14.3 Å². The second-order valence-corrected chi connectivity index (χ2v) is 6.16. The summed E-state index contributed by atoms with van der Waals surface area (Å²) in [5, 5.41) is 2.24. The zero-order chi connectivity index (χ0) is 15.6. The molecule has 0 aromatic rings. The number of rotatable bonds is 5. The van der Waals surface area contributed by atoms with E-state index in [1.807, 2.05) is 0 Å². The van der Waals surface area contributed by atoms with Crippen LogP contribution in [-0.4, -0.2) is 30.2 Å². The van der Waals surface area contributed by atoms with Crippen LogP contribution in [0.5, 0.6) is 0 Å². The molecule has 20 heavy (non-hydrogen) atoms. The maximum atomic E-state index is 12.0. The molecule has 1 saturated carbocycles. The average Bonchev–Trinajstić information content (AvgIpc) is 2.93. The molecule has 4 nitrogen and oxygen atoms in total. The standard InChI is InChI=1S/C13H20F3NO3/c1-11(2,3)20-9(18)8-12(4-5-12)10(19)17-7-6-13(14,15)16/h4-8H2,1-3H3,(H,17,19). The first-order valence-electron chi connectivity index (χ1n) is 6.50. The quantitative estimate of drug-likeness (QED) is 0.793. The number of carbonyl (C=O) groups is 2. The van der Waals surface area contributed by atoms with Crippen molar-refractivity contribution in [2.75, 3.05) is 6.54 Å². The van der Waals surface area contributed by atoms with Crippen molar-refractivity contribution in [1.82, 2.24) is 5.32 Å². The van der Waals surface area contributed by atoms with Crippen LogP contribution in [0.3, 0.4) is 0 Å². The number of nitrogens with one attached hydrogen (secondary N) is 1. The molecule has 1 amide bonds. The zero-order valence-electron chi connectivity index (χ0n) is 11.9. The van der Waals surface area contributed by atoms with Crippen molar-refractivity contribution in [2.24, 2.45) is 5.41 Å². The Labute approximate surface area is 116 Å². The first-order valence-corrected chi connectivity index (χ1v) is 6.50. The molecule has 0 spiro atoms. The van der Waals surface area contributed by atoms with Crippen LogP contribution in [0, 0.1) is 5.41 Å². The minimum atomic E-state index is -4.30. The summed E-state index contributed by atoms with van der Waals surface area (Å²) in [4.78, 5) is 23.5. The normalized spacial score (nSPS) is 17.5. The third kappa shape index (κ3) is 5.79. The molecule has 0 saturated heterocycles. The van der Waals surface area contributed by atoms with E-state index in [2.05, 4.69) is 5.32 Å². The third-order valence-electron chi connectivity index (χ3n) is 2.93. The van der Waals surface area contributed by atoms with E-state index >= 15 is 0 Å². The van der Waals surface area contributed by atoms with Gasteiger partial charge in [-0.05, 0) is 33.6 Å². The van der Waals surface area contributed by atoms with E-state index in [4.69, 9.17) is 4.74 Å². The highest BCUT2D eigenvalue weighted by Crippen LogP contribution is 2.49. The van der Waals surface area contributed by atoms with Crippen LogP contribution in [0.2, 0.25) is 0 Å². The highest BCUT2D eigenvalue weighted by molar-refractivity contribution is 5.89. The molecule has 0 radical (unpaired) electrons. The molecule has 1 aliphatic rings. The lowest BCUT2D eigenvalue weighted by molar-refractivity contribution is -0.158. The number of esters is 1. The van der Waals surface area contributed by atoms with Gasteiger partial charge in [0.1, 0.15) is 5.60 Å². The van der Waals surface area contributed by atoms with E-state index in [0.717, 1.165) is 0 Å². The molecule has 0 atom stereocenters. The summed E-state index contributed by atoms with van der Waals surface area (Å²) >= 11 is 0. The second kappa shape index (κ2) is 5.61. The van der Waals surface area contributed by atoms with Crippen LogP contribution in [0.15, 0.2) is 0 Å². The number of alkyl halides is 3. The molecule has 0 bridgehead atoms. The summed E-state index contributed by atoms with van der Waals surface area (Å²) in [6.45, 7) is 4.69. The molecule has 0 heterocycles. The van der Waals surface area contributed by atoms with Gasteiger partial charge in [0.15, 0.2) is 0 Å². The Hall–Kier alpha value is -1.27. The predicted octanol–water partition coefficient (Wildman–Crippen LogP) is 2.57. The Kier molecular flexibility index (Phi) is 4.71. The van der Waals surface area contributed by atoms with Crippen molar-refractivity contribution in [3.63, 3.8) is 0 Å². The van der Waals surface area contributed by atoms with Gasteiger partial charge in [-0.25, -0.2) is 0 Å². The Balaban J connectivity index is 2.41. The molecular weight excluding hydrogens is 275 g/mol. The largest absolute Gasteiger partial charge is 0.460 e. The van der Waals surface area contributed by atoms with Crippen LogP contribution < -0.4 is 5.32 Å². The van der Waals surface area contributed by atoms with Gasteiger partial charge < -0.3 is 10.1 Å². The fourth-order valence-electron chi connectivity index (χ4n) is 1.79. The number of amides is 1. The fraction of sp³-hybridized carbons (Fsp3) is 0.846. The SMILES string of the molecule is CC(C)(C)OC(=O)CC1(C(=O)NCCC(F)(F)F)CC1. The van der Waals surface area contributed by atoms with Crippen LogP contribution >= 0.6 is 0 Å². The van der Waals surface area contributed by atoms with Crippen molar-refractivity contribution in [1.29, 1.82) is 0 Å². The van der Waals surface area contributed by atoms with Gasteiger partial charge in [0.05, 0.1) is 18.3 Å². The molecule has 0 aliphatic heterocycles. The molecule has 116 valence electrons. The lowest BCUT2D eigenvalue weighted by Crippen LogP contribution is -2.36. The van der Waals surface area contributed by atoms with Crippen molar-refractivity contribution in [2.45, 2.75) is 58.2 Å². The van der Waals surface area contributed by atoms with E-state index < -0.39 is 42.0 Å². The van der Waals surface area contributed by atoms with Crippen LogP contribution in [0.1, 0.15) is 46.5 Å². The molecule has 1 N–H and O–H groups in total. The van der Waals surface area contributed by atoms with Crippen LogP contribution in [0.4, 0.5) is 13.2 Å². The highest BCUT2D eigenvalue weighted by Gasteiger charge is 2.51. The summed E-state index contributed by atoms with van der Waals surface area (Å²) < 4.78 is 41.1. The van der Waals surface area contributed by atoms with Gasteiger partial charge in [-0.15, -0.1) is 0 Å². The Morgan fingerprint density at radius 1 is 1.20 bits per heavy atom. The molecular formula is C13H20F3NO3. The molecule has 1 aliphatic carbocycles. The predicted molar refractivity (Wildman–Crippen MR) is 65.8 cm³/mol. The van der Waals surface area contributed by atoms with Gasteiger partial charge in [0, 0.05) is 6.54 Å². The number of hydrogen-bond acceptors (Lipinski definition) is 3. The molecule has 0 aromatic carbocycles. The van der Waals surface area contributed by atoms with Crippen LogP contribution in [0.25, 0.3) is 0 Å². The van der Waals surface area contributed by atoms with Crippen molar-refractivity contribution in [3.05, 3.63) is 0 Å². The van der Waals surface area contributed by atoms with Crippen molar-refractivity contribution >= 4 is 11.9 Å². The third-order valence-corrected chi connectivity index (χ3v) is 2.93. The summed E-state index contributed by atoms with van der Waals surface area (Å²) in [6, 6.07) is 0. The summed E-state index contributed by atoms with van der Waals surface area (Å²) in [7, 11) is 0. The lowest BCUT2D eigenvalue weighted by Gasteiger charge is -2.21. The smallest absolute Gasteiger partial charge is 0.390 e. The van der Waals surface area contributed by atoms with Crippen molar-refractivity contribution < 1.29 is 27.5 Å². The maximum Gasteiger partial charge on any atom is 0.390 e. The monoisotopic (exact) mass is 295 g/mol. The van der Waals surface area contributed by atoms with E-state index in [0.29, 0.717) is 12.8 Å². The Morgan fingerprint density at radius 2 is 1.75 bits per heavy atom. The zero-order valence-corrected chi connectivity index (χ0v) is 11.9. The fourth-order valence-corrected chi connectivity index (χ4v) is 1.79.